The van der Waals surface area contributed by atoms with Crippen LogP contribution in [-0.4, -0.2) is 36.7 Å². The predicted molar refractivity (Wildman–Crippen MR) is 69.5 cm³/mol. The molecule has 1 aromatic rings. The Labute approximate surface area is 99.4 Å². The molecule has 0 amide bonds. The molecule has 0 radical (unpaired) electrons. The lowest BCUT2D eigenvalue weighted by Crippen LogP contribution is -2.23. The lowest BCUT2D eigenvalue weighted by molar-refractivity contribution is 0.0697. The van der Waals surface area contributed by atoms with Gasteiger partial charge in [-0.15, -0.1) is 0 Å². The van der Waals surface area contributed by atoms with E-state index in [-0.39, 0.29) is 5.56 Å². The summed E-state index contributed by atoms with van der Waals surface area (Å²) >= 11 is 1.71. The second-order valence-electron chi connectivity index (χ2n) is 3.46. The van der Waals surface area contributed by atoms with Crippen molar-refractivity contribution in [2.24, 2.45) is 0 Å². The number of hydrogen-bond donors (Lipinski definition) is 2. The smallest absolute Gasteiger partial charge is 0.337 e. The van der Waals surface area contributed by atoms with Crippen molar-refractivity contribution < 1.29 is 9.90 Å². The topological polar surface area (TPSA) is 66.6 Å². The third-order valence-electron chi connectivity index (χ3n) is 2.31. The molecule has 16 heavy (non-hydrogen) atoms. The molecule has 0 aliphatic rings. The first-order chi connectivity index (χ1) is 7.57. The van der Waals surface area contributed by atoms with Gasteiger partial charge in [-0.05, 0) is 18.4 Å². The Balaban J connectivity index is 3.04. The summed E-state index contributed by atoms with van der Waals surface area (Å²) < 4.78 is 0. The van der Waals surface area contributed by atoms with E-state index in [2.05, 4.69) is 0 Å². The fraction of sp³-hybridized carbons (Fsp3) is 0.364. The highest BCUT2D eigenvalue weighted by Gasteiger charge is 2.15. The molecule has 4 nitrogen and oxygen atoms in total. The maximum atomic E-state index is 11.1. The van der Waals surface area contributed by atoms with Crippen LogP contribution in [-0.2, 0) is 0 Å². The van der Waals surface area contributed by atoms with Crippen molar-refractivity contribution in [1.82, 2.24) is 0 Å². The van der Waals surface area contributed by atoms with E-state index in [0.717, 1.165) is 12.3 Å². The summed E-state index contributed by atoms with van der Waals surface area (Å²) in [4.78, 5) is 12.9. The average molecular weight is 240 g/mol. The number of rotatable bonds is 5. The van der Waals surface area contributed by atoms with Crippen molar-refractivity contribution in [2.45, 2.75) is 0 Å². The number of nitrogens with two attached hydrogens (primary N) is 1. The zero-order chi connectivity index (χ0) is 12.1. The van der Waals surface area contributed by atoms with Crippen molar-refractivity contribution in [3.63, 3.8) is 0 Å². The first kappa shape index (κ1) is 12.7. The first-order valence-electron chi connectivity index (χ1n) is 4.89. The maximum absolute atomic E-state index is 11.1. The van der Waals surface area contributed by atoms with E-state index in [9.17, 15) is 4.79 Å². The molecule has 0 unspecified atom stereocenters. The number of nitrogen functional groups attached to an aromatic ring is 1. The molecule has 0 aromatic heterocycles. The average Bonchev–Trinajstić information content (AvgIpc) is 2.25. The zero-order valence-corrected chi connectivity index (χ0v) is 10.3. The van der Waals surface area contributed by atoms with Crippen molar-refractivity contribution >= 4 is 29.1 Å². The van der Waals surface area contributed by atoms with Gasteiger partial charge in [0.25, 0.3) is 0 Å². The van der Waals surface area contributed by atoms with Crippen LogP contribution in [0.5, 0.6) is 0 Å². The number of carbonyl (C=O) groups is 1. The third kappa shape index (κ3) is 2.82. The predicted octanol–water partition coefficient (Wildman–Crippen LogP) is 1.77. The van der Waals surface area contributed by atoms with Gasteiger partial charge in [-0.25, -0.2) is 4.79 Å². The normalized spacial score (nSPS) is 10.1. The van der Waals surface area contributed by atoms with Crippen LogP contribution >= 0.6 is 11.8 Å². The van der Waals surface area contributed by atoms with Gasteiger partial charge in [-0.3, -0.25) is 0 Å². The number of para-hydroxylation sites is 1. The number of hydrogen-bond acceptors (Lipinski definition) is 4. The summed E-state index contributed by atoms with van der Waals surface area (Å²) in [5.41, 5.74) is 7.18. The Morgan fingerprint density at radius 3 is 2.81 bits per heavy atom. The Hall–Kier alpha value is -1.36. The fourth-order valence-electron chi connectivity index (χ4n) is 1.50. The molecular formula is C11H16N2O2S. The van der Waals surface area contributed by atoms with E-state index in [0.29, 0.717) is 11.4 Å². The third-order valence-corrected chi connectivity index (χ3v) is 2.90. The number of anilines is 2. The lowest BCUT2D eigenvalue weighted by atomic mass is 10.1. The van der Waals surface area contributed by atoms with Crippen molar-refractivity contribution in [1.29, 1.82) is 0 Å². The maximum Gasteiger partial charge on any atom is 0.337 e. The van der Waals surface area contributed by atoms with E-state index in [1.165, 1.54) is 0 Å². The molecule has 0 saturated carbocycles. The minimum atomic E-state index is -0.946. The number of nitrogens with zero attached hydrogens (tertiary/aromatic N) is 1. The number of thioether (sulfide) groups is 1. The molecule has 0 atom stereocenters. The van der Waals surface area contributed by atoms with Crippen LogP contribution in [0.4, 0.5) is 11.4 Å². The van der Waals surface area contributed by atoms with Crippen LogP contribution in [0, 0.1) is 0 Å². The van der Waals surface area contributed by atoms with Gasteiger partial charge in [-0.2, -0.15) is 11.8 Å². The van der Waals surface area contributed by atoms with Gasteiger partial charge < -0.3 is 15.7 Å². The van der Waals surface area contributed by atoms with Gasteiger partial charge >= 0.3 is 5.97 Å². The highest BCUT2D eigenvalue weighted by molar-refractivity contribution is 7.98. The molecule has 0 aliphatic heterocycles. The highest BCUT2D eigenvalue weighted by Crippen LogP contribution is 2.27. The van der Waals surface area contributed by atoms with Gasteiger partial charge in [-0.1, -0.05) is 6.07 Å². The van der Waals surface area contributed by atoms with Crippen LogP contribution in [0.25, 0.3) is 0 Å². The largest absolute Gasteiger partial charge is 0.478 e. The highest BCUT2D eigenvalue weighted by atomic mass is 32.2. The van der Waals surface area contributed by atoms with Crippen LogP contribution in [0.1, 0.15) is 10.4 Å². The van der Waals surface area contributed by atoms with E-state index >= 15 is 0 Å². The van der Waals surface area contributed by atoms with Crippen LogP contribution in [0.3, 0.4) is 0 Å². The van der Waals surface area contributed by atoms with Gasteiger partial charge in [0.2, 0.25) is 0 Å². The van der Waals surface area contributed by atoms with Gasteiger partial charge in [0.05, 0.1) is 16.9 Å². The second kappa shape index (κ2) is 5.65. The first-order valence-corrected chi connectivity index (χ1v) is 6.29. The van der Waals surface area contributed by atoms with Crippen molar-refractivity contribution in [3.05, 3.63) is 23.8 Å². The van der Waals surface area contributed by atoms with Crippen molar-refractivity contribution in [2.75, 3.05) is 36.2 Å². The Bertz CT molecular complexity index is 382. The fourth-order valence-corrected chi connectivity index (χ4v) is 1.96. The van der Waals surface area contributed by atoms with E-state index < -0.39 is 5.97 Å². The summed E-state index contributed by atoms with van der Waals surface area (Å²) in [6, 6.07) is 4.95. The van der Waals surface area contributed by atoms with Crippen LogP contribution in [0.15, 0.2) is 18.2 Å². The summed E-state index contributed by atoms with van der Waals surface area (Å²) in [7, 11) is 1.86. The van der Waals surface area contributed by atoms with Crippen LogP contribution in [0.2, 0.25) is 0 Å². The van der Waals surface area contributed by atoms with Gasteiger partial charge in [0, 0.05) is 19.3 Å². The molecule has 0 bridgehead atoms. The van der Waals surface area contributed by atoms with Gasteiger partial charge in [0.15, 0.2) is 0 Å². The molecule has 0 heterocycles. The van der Waals surface area contributed by atoms with Crippen LogP contribution < -0.4 is 10.6 Å². The molecule has 0 saturated heterocycles. The lowest BCUT2D eigenvalue weighted by Gasteiger charge is -2.22. The second-order valence-corrected chi connectivity index (χ2v) is 4.45. The van der Waals surface area contributed by atoms with E-state index in [4.69, 9.17) is 10.8 Å². The zero-order valence-electron chi connectivity index (χ0n) is 9.43. The molecule has 3 N–H and O–H groups in total. The summed E-state index contributed by atoms with van der Waals surface area (Å²) in [6.07, 6.45) is 2.01. The van der Waals surface area contributed by atoms with E-state index in [1.807, 2.05) is 18.2 Å². The number of carboxylic acids is 1. The molecule has 0 aliphatic carbocycles. The minimum Gasteiger partial charge on any atom is -0.478 e. The number of carboxylic acid groups (broad SMARTS) is 1. The summed E-state index contributed by atoms with van der Waals surface area (Å²) in [6.45, 7) is 0.773. The monoisotopic (exact) mass is 240 g/mol. The molecule has 5 heteroatoms. The Kier molecular flexibility index (Phi) is 4.49. The standard InChI is InChI=1S/C11H16N2O2S/c1-13(6-7-16-2)10-8(11(14)15)4-3-5-9(10)12/h3-5H,6-7,12H2,1-2H3,(H,14,15). The minimum absolute atomic E-state index is 0.253. The SMILES string of the molecule is CSCCN(C)c1c(N)cccc1C(=O)O. The summed E-state index contributed by atoms with van der Waals surface area (Å²) in [5.74, 6) is -0.0116. The van der Waals surface area contributed by atoms with Crippen molar-refractivity contribution in [3.8, 4) is 0 Å². The summed E-state index contributed by atoms with van der Waals surface area (Å²) in [5, 5.41) is 9.08. The molecule has 0 spiro atoms. The molecule has 1 aromatic carbocycles. The molecule has 0 fully saturated rings. The molecule has 88 valence electrons. The molecular weight excluding hydrogens is 224 g/mol. The number of aromatic carboxylic acids is 1. The van der Waals surface area contributed by atoms with Gasteiger partial charge in [0.1, 0.15) is 0 Å². The Morgan fingerprint density at radius 1 is 1.56 bits per heavy atom. The quantitative estimate of drug-likeness (QED) is 0.768. The Morgan fingerprint density at radius 2 is 2.25 bits per heavy atom. The number of benzene rings is 1. The molecule has 1 rings (SSSR count). The van der Waals surface area contributed by atoms with E-state index in [1.54, 1.807) is 30.0 Å².